The summed E-state index contributed by atoms with van der Waals surface area (Å²) in [6, 6.07) is 1.80. The number of rotatable bonds is 8. The maximum absolute atomic E-state index is 11.7. The van der Waals surface area contributed by atoms with Crippen molar-refractivity contribution in [2.24, 2.45) is 5.92 Å². The Morgan fingerprint density at radius 3 is 2.60 bits per heavy atom. The molecule has 0 aromatic carbocycles. The molecular weight excluding hydrogens is 254 g/mol. The van der Waals surface area contributed by atoms with Gasteiger partial charge >= 0.3 is 0 Å². The number of carbonyl (C=O) groups is 1. The summed E-state index contributed by atoms with van der Waals surface area (Å²) in [5.74, 6) is 2.64. The van der Waals surface area contributed by atoms with E-state index >= 15 is 0 Å². The van der Waals surface area contributed by atoms with Crippen LogP contribution in [0.3, 0.4) is 0 Å². The molecule has 1 rings (SSSR count). The molecule has 0 saturated carbocycles. The Morgan fingerprint density at radius 1 is 1.30 bits per heavy atom. The van der Waals surface area contributed by atoms with E-state index in [0.29, 0.717) is 18.3 Å². The summed E-state index contributed by atoms with van der Waals surface area (Å²) in [6.45, 7) is 7.12. The van der Waals surface area contributed by atoms with E-state index in [0.717, 1.165) is 24.5 Å². The standard InChI is InChI=1S/C14H25N5O/c1-5-6-11-18-12(15-4)7-13(19-11)16-9-14(20)17-8-10(2)3/h7,10H,5-6,8-9H2,1-4H3,(H,17,20)(H2,15,16,18,19). The second-order valence-electron chi connectivity index (χ2n) is 5.11. The first kappa shape index (κ1) is 16.2. The van der Waals surface area contributed by atoms with Crippen molar-refractivity contribution >= 4 is 17.5 Å². The molecule has 0 atom stereocenters. The van der Waals surface area contributed by atoms with E-state index in [1.54, 1.807) is 6.07 Å². The molecule has 20 heavy (non-hydrogen) atoms. The van der Waals surface area contributed by atoms with Crippen LogP contribution in [0.1, 0.15) is 33.0 Å². The highest BCUT2D eigenvalue weighted by Gasteiger charge is 2.06. The number of hydrogen-bond donors (Lipinski definition) is 3. The minimum atomic E-state index is -0.0274. The van der Waals surface area contributed by atoms with Crippen molar-refractivity contribution < 1.29 is 4.79 Å². The van der Waals surface area contributed by atoms with E-state index in [1.807, 2.05) is 7.05 Å². The van der Waals surface area contributed by atoms with E-state index in [-0.39, 0.29) is 12.5 Å². The number of carbonyl (C=O) groups excluding carboxylic acids is 1. The van der Waals surface area contributed by atoms with Gasteiger partial charge in [-0.1, -0.05) is 20.8 Å². The average molecular weight is 279 g/mol. The molecule has 0 radical (unpaired) electrons. The fourth-order valence-corrected chi connectivity index (χ4v) is 1.60. The summed E-state index contributed by atoms with van der Waals surface area (Å²) < 4.78 is 0. The lowest BCUT2D eigenvalue weighted by Crippen LogP contribution is -2.32. The van der Waals surface area contributed by atoms with Gasteiger partial charge in [-0.3, -0.25) is 4.79 Å². The first-order valence-corrected chi connectivity index (χ1v) is 7.11. The van der Waals surface area contributed by atoms with Crippen LogP contribution in [0.15, 0.2) is 6.07 Å². The lowest BCUT2D eigenvalue weighted by molar-refractivity contribution is -0.119. The zero-order valence-corrected chi connectivity index (χ0v) is 12.8. The second kappa shape index (κ2) is 8.35. The Morgan fingerprint density at radius 2 is 2.00 bits per heavy atom. The van der Waals surface area contributed by atoms with Gasteiger partial charge in [0.05, 0.1) is 6.54 Å². The quantitative estimate of drug-likeness (QED) is 0.674. The van der Waals surface area contributed by atoms with Gasteiger partial charge in [-0.15, -0.1) is 0 Å². The zero-order chi connectivity index (χ0) is 15.0. The molecule has 0 bridgehead atoms. The lowest BCUT2D eigenvalue weighted by Gasteiger charge is -2.11. The molecule has 6 heteroatoms. The topological polar surface area (TPSA) is 78.9 Å². The molecule has 0 saturated heterocycles. The van der Waals surface area contributed by atoms with Gasteiger partial charge in [-0.25, -0.2) is 9.97 Å². The number of anilines is 2. The van der Waals surface area contributed by atoms with Gasteiger partial charge in [0.25, 0.3) is 0 Å². The SMILES string of the molecule is CCCc1nc(NC)cc(NCC(=O)NCC(C)C)n1. The van der Waals surface area contributed by atoms with Crippen LogP contribution in [0.25, 0.3) is 0 Å². The number of nitrogens with zero attached hydrogens (tertiary/aromatic N) is 2. The van der Waals surface area contributed by atoms with Gasteiger partial charge in [0.15, 0.2) is 0 Å². The van der Waals surface area contributed by atoms with Crippen molar-refractivity contribution in [3.8, 4) is 0 Å². The zero-order valence-electron chi connectivity index (χ0n) is 12.8. The first-order valence-electron chi connectivity index (χ1n) is 7.11. The molecule has 0 spiro atoms. The molecule has 0 aliphatic rings. The maximum atomic E-state index is 11.7. The minimum Gasteiger partial charge on any atom is -0.373 e. The van der Waals surface area contributed by atoms with Crippen molar-refractivity contribution in [3.05, 3.63) is 11.9 Å². The van der Waals surface area contributed by atoms with Crippen LogP contribution in [0.5, 0.6) is 0 Å². The second-order valence-corrected chi connectivity index (χ2v) is 5.11. The van der Waals surface area contributed by atoms with E-state index < -0.39 is 0 Å². The van der Waals surface area contributed by atoms with Gasteiger partial charge in [-0.05, 0) is 12.3 Å². The maximum Gasteiger partial charge on any atom is 0.239 e. The van der Waals surface area contributed by atoms with E-state index in [9.17, 15) is 4.79 Å². The van der Waals surface area contributed by atoms with Crippen LogP contribution >= 0.6 is 0 Å². The third-order valence-electron chi connectivity index (χ3n) is 2.64. The van der Waals surface area contributed by atoms with E-state index in [2.05, 4.69) is 46.7 Å². The number of amides is 1. The molecule has 0 aliphatic carbocycles. The van der Waals surface area contributed by atoms with Crippen molar-refractivity contribution in [2.75, 3.05) is 30.8 Å². The number of nitrogens with one attached hydrogen (secondary N) is 3. The average Bonchev–Trinajstić information content (AvgIpc) is 2.43. The van der Waals surface area contributed by atoms with E-state index in [1.165, 1.54) is 0 Å². The molecule has 112 valence electrons. The Labute approximate surface area is 120 Å². The Kier molecular flexibility index (Phi) is 6.76. The molecular formula is C14H25N5O. The summed E-state index contributed by atoms with van der Waals surface area (Å²) in [4.78, 5) is 20.4. The first-order chi connectivity index (χ1) is 9.55. The fraction of sp³-hybridized carbons (Fsp3) is 0.643. The predicted molar refractivity (Wildman–Crippen MR) is 81.9 cm³/mol. The van der Waals surface area contributed by atoms with Crippen LogP contribution in [0.2, 0.25) is 0 Å². The Balaban J connectivity index is 2.58. The molecule has 0 unspecified atom stereocenters. The third-order valence-corrected chi connectivity index (χ3v) is 2.64. The van der Waals surface area contributed by atoms with Crippen molar-refractivity contribution in [2.45, 2.75) is 33.6 Å². The highest BCUT2D eigenvalue weighted by molar-refractivity contribution is 5.80. The van der Waals surface area contributed by atoms with Crippen LogP contribution < -0.4 is 16.0 Å². The summed E-state index contributed by atoms with van der Waals surface area (Å²) in [5, 5.41) is 8.90. The number of aryl methyl sites for hydroxylation is 1. The normalized spacial score (nSPS) is 10.4. The third kappa shape index (κ3) is 5.86. The number of aromatic nitrogens is 2. The highest BCUT2D eigenvalue weighted by atomic mass is 16.1. The van der Waals surface area contributed by atoms with Gasteiger partial charge in [-0.2, -0.15) is 0 Å². The van der Waals surface area contributed by atoms with Crippen molar-refractivity contribution in [1.29, 1.82) is 0 Å². The van der Waals surface area contributed by atoms with Gasteiger partial charge in [0, 0.05) is 26.1 Å². The van der Waals surface area contributed by atoms with Crippen LogP contribution in [-0.4, -0.2) is 36.0 Å². The molecule has 0 fully saturated rings. The molecule has 0 aliphatic heterocycles. The molecule has 1 heterocycles. The fourth-order valence-electron chi connectivity index (χ4n) is 1.60. The smallest absolute Gasteiger partial charge is 0.239 e. The minimum absolute atomic E-state index is 0.0274. The monoisotopic (exact) mass is 279 g/mol. The Hall–Kier alpha value is -1.85. The highest BCUT2D eigenvalue weighted by Crippen LogP contribution is 2.11. The molecule has 1 aromatic rings. The largest absolute Gasteiger partial charge is 0.373 e. The molecule has 6 nitrogen and oxygen atoms in total. The summed E-state index contributed by atoms with van der Waals surface area (Å²) >= 11 is 0. The van der Waals surface area contributed by atoms with Crippen molar-refractivity contribution in [3.63, 3.8) is 0 Å². The summed E-state index contributed by atoms with van der Waals surface area (Å²) in [6.07, 6.45) is 1.81. The van der Waals surface area contributed by atoms with Gasteiger partial charge in [0.2, 0.25) is 5.91 Å². The number of hydrogen-bond acceptors (Lipinski definition) is 5. The van der Waals surface area contributed by atoms with Gasteiger partial charge < -0.3 is 16.0 Å². The molecule has 1 aromatic heterocycles. The van der Waals surface area contributed by atoms with Gasteiger partial charge in [0.1, 0.15) is 17.5 Å². The van der Waals surface area contributed by atoms with E-state index in [4.69, 9.17) is 0 Å². The van der Waals surface area contributed by atoms with Crippen LogP contribution in [-0.2, 0) is 11.2 Å². The van der Waals surface area contributed by atoms with Crippen LogP contribution in [0, 0.1) is 5.92 Å². The molecule has 3 N–H and O–H groups in total. The molecule has 1 amide bonds. The van der Waals surface area contributed by atoms with Crippen molar-refractivity contribution in [1.82, 2.24) is 15.3 Å². The summed E-state index contributed by atoms with van der Waals surface area (Å²) in [7, 11) is 1.82. The Bertz CT molecular complexity index is 434. The summed E-state index contributed by atoms with van der Waals surface area (Å²) in [5.41, 5.74) is 0. The lowest BCUT2D eigenvalue weighted by atomic mass is 10.2. The van der Waals surface area contributed by atoms with Crippen LogP contribution in [0.4, 0.5) is 11.6 Å². The predicted octanol–water partition coefficient (Wildman–Crippen LogP) is 1.65.